The molecule has 8 heteroatoms. The normalized spacial score (nSPS) is 11.0. The fraction of sp³-hybridized carbons (Fsp3) is 0.278. The number of nitrogens with zero attached hydrogens (tertiary/aromatic N) is 1. The molecule has 0 atom stereocenters. The molecule has 2 rings (SSSR count). The average molecular weight is 395 g/mol. The summed E-state index contributed by atoms with van der Waals surface area (Å²) >= 11 is 1.61. The van der Waals surface area contributed by atoms with Crippen LogP contribution in [0.25, 0.3) is 0 Å². The van der Waals surface area contributed by atoms with Crippen LogP contribution in [0.1, 0.15) is 6.92 Å². The molecule has 2 aromatic rings. The smallest absolute Gasteiger partial charge is 0.245 e. The number of para-hydroxylation sites is 1. The third-order valence-electron chi connectivity index (χ3n) is 3.51. The average Bonchev–Trinajstić information content (AvgIpc) is 2.61. The lowest BCUT2D eigenvalue weighted by atomic mass is 10.3. The molecule has 0 spiro atoms. The first-order chi connectivity index (χ1) is 12.3. The fourth-order valence-corrected chi connectivity index (χ4v) is 3.94. The standard InChI is InChI=1S/C18H22N2O4S2/c1-4-25-17-8-6-5-7-16(17)19-18(21)13-20(26(3,22)23)14-9-11-15(24-2)12-10-14/h5-12H,4,13H2,1-3H3,(H,19,21). The first kappa shape index (κ1) is 20.1. The molecule has 0 saturated heterocycles. The summed E-state index contributed by atoms with van der Waals surface area (Å²) in [6.45, 7) is 1.72. The third-order valence-corrected chi connectivity index (χ3v) is 5.61. The second-order valence-electron chi connectivity index (χ2n) is 5.45. The van der Waals surface area contributed by atoms with E-state index in [9.17, 15) is 13.2 Å². The highest BCUT2D eigenvalue weighted by molar-refractivity contribution is 7.99. The highest BCUT2D eigenvalue weighted by Gasteiger charge is 2.21. The number of carbonyl (C=O) groups excluding carboxylic acids is 1. The molecular weight excluding hydrogens is 372 g/mol. The molecule has 0 bridgehead atoms. The molecule has 0 aliphatic carbocycles. The summed E-state index contributed by atoms with van der Waals surface area (Å²) in [7, 11) is -2.09. The van der Waals surface area contributed by atoms with E-state index in [4.69, 9.17) is 4.74 Å². The maximum atomic E-state index is 12.5. The van der Waals surface area contributed by atoms with Crippen LogP contribution in [-0.2, 0) is 14.8 Å². The molecule has 0 radical (unpaired) electrons. The van der Waals surface area contributed by atoms with E-state index in [1.54, 1.807) is 42.1 Å². The number of ether oxygens (including phenoxy) is 1. The molecule has 140 valence electrons. The Kier molecular flexibility index (Phi) is 6.93. The first-order valence-electron chi connectivity index (χ1n) is 7.98. The highest BCUT2D eigenvalue weighted by Crippen LogP contribution is 2.27. The molecule has 6 nitrogen and oxygen atoms in total. The van der Waals surface area contributed by atoms with Crippen LogP contribution < -0.4 is 14.4 Å². The van der Waals surface area contributed by atoms with Crippen LogP contribution in [0.4, 0.5) is 11.4 Å². The van der Waals surface area contributed by atoms with Crippen molar-refractivity contribution in [3.05, 3.63) is 48.5 Å². The molecule has 0 aromatic heterocycles. The summed E-state index contributed by atoms with van der Waals surface area (Å²) < 4.78 is 30.5. The van der Waals surface area contributed by atoms with E-state index in [0.29, 0.717) is 17.1 Å². The number of anilines is 2. The van der Waals surface area contributed by atoms with Gasteiger partial charge in [0.2, 0.25) is 15.9 Å². The summed E-state index contributed by atoms with van der Waals surface area (Å²) in [6, 6.07) is 14.0. The molecule has 0 saturated carbocycles. The van der Waals surface area contributed by atoms with Crippen molar-refractivity contribution in [1.82, 2.24) is 0 Å². The summed E-state index contributed by atoms with van der Waals surface area (Å²) in [6.07, 6.45) is 1.07. The van der Waals surface area contributed by atoms with E-state index in [0.717, 1.165) is 21.2 Å². The minimum Gasteiger partial charge on any atom is -0.497 e. The quantitative estimate of drug-likeness (QED) is 0.696. The monoisotopic (exact) mass is 394 g/mol. The molecule has 26 heavy (non-hydrogen) atoms. The van der Waals surface area contributed by atoms with Crippen LogP contribution in [0.15, 0.2) is 53.4 Å². The molecule has 1 amide bonds. The van der Waals surface area contributed by atoms with Gasteiger partial charge in [-0.3, -0.25) is 9.10 Å². The van der Waals surface area contributed by atoms with Gasteiger partial charge in [-0.1, -0.05) is 19.1 Å². The van der Waals surface area contributed by atoms with Gasteiger partial charge >= 0.3 is 0 Å². The van der Waals surface area contributed by atoms with E-state index in [1.165, 1.54) is 7.11 Å². The Morgan fingerprint density at radius 1 is 1.15 bits per heavy atom. The Bertz CT molecular complexity index is 852. The van der Waals surface area contributed by atoms with Crippen molar-refractivity contribution >= 4 is 39.1 Å². The highest BCUT2D eigenvalue weighted by atomic mass is 32.2. The SMILES string of the molecule is CCSc1ccccc1NC(=O)CN(c1ccc(OC)cc1)S(C)(=O)=O. The summed E-state index contributed by atoms with van der Waals surface area (Å²) in [5.74, 6) is 1.07. The van der Waals surface area contributed by atoms with Crippen molar-refractivity contribution in [2.45, 2.75) is 11.8 Å². The van der Waals surface area contributed by atoms with Crippen molar-refractivity contribution in [1.29, 1.82) is 0 Å². The third kappa shape index (κ3) is 5.40. The van der Waals surface area contributed by atoms with E-state index in [1.807, 2.05) is 25.1 Å². The van der Waals surface area contributed by atoms with Crippen LogP contribution in [0.3, 0.4) is 0 Å². The van der Waals surface area contributed by atoms with Crippen molar-refractivity contribution in [2.75, 3.05) is 35.3 Å². The van der Waals surface area contributed by atoms with Gasteiger partial charge in [-0.15, -0.1) is 11.8 Å². The lowest BCUT2D eigenvalue weighted by molar-refractivity contribution is -0.114. The molecule has 0 heterocycles. The number of rotatable bonds is 8. The molecule has 0 aliphatic heterocycles. The van der Waals surface area contributed by atoms with Crippen LogP contribution in [0.5, 0.6) is 5.75 Å². The van der Waals surface area contributed by atoms with Gasteiger partial charge in [-0.05, 0) is 42.2 Å². The van der Waals surface area contributed by atoms with Crippen LogP contribution in [0, 0.1) is 0 Å². The van der Waals surface area contributed by atoms with E-state index >= 15 is 0 Å². The van der Waals surface area contributed by atoms with Gasteiger partial charge in [0.15, 0.2) is 0 Å². The number of hydrogen-bond donors (Lipinski definition) is 1. The van der Waals surface area contributed by atoms with E-state index in [2.05, 4.69) is 5.32 Å². The molecule has 0 unspecified atom stereocenters. The van der Waals surface area contributed by atoms with Crippen LogP contribution in [0.2, 0.25) is 0 Å². The molecule has 0 fully saturated rings. The fourth-order valence-electron chi connectivity index (χ4n) is 2.32. The number of sulfonamides is 1. The summed E-state index contributed by atoms with van der Waals surface area (Å²) in [5.41, 5.74) is 1.08. The largest absolute Gasteiger partial charge is 0.497 e. The Hall–Kier alpha value is -2.19. The Labute approximate surface area is 158 Å². The zero-order valence-electron chi connectivity index (χ0n) is 14.9. The Morgan fingerprint density at radius 2 is 1.81 bits per heavy atom. The molecule has 2 aromatic carbocycles. The second kappa shape index (κ2) is 8.95. The molecule has 0 aliphatic rings. The lowest BCUT2D eigenvalue weighted by Gasteiger charge is -2.22. The Balaban J connectivity index is 2.19. The minimum absolute atomic E-state index is 0.309. The van der Waals surface area contributed by atoms with Crippen LogP contribution in [-0.4, -0.2) is 40.0 Å². The predicted octanol–water partition coefficient (Wildman–Crippen LogP) is 3.21. The number of benzene rings is 2. The van der Waals surface area contributed by atoms with Gasteiger partial charge in [0.05, 0.1) is 24.7 Å². The topological polar surface area (TPSA) is 75.7 Å². The van der Waals surface area contributed by atoms with Gasteiger partial charge in [-0.25, -0.2) is 8.42 Å². The van der Waals surface area contributed by atoms with Gasteiger partial charge in [0.25, 0.3) is 0 Å². The summed E-state index contributed by atoms with van der Waals surface area (Å²) in [5, 5.41) is 2.80. The molecular formula is C18H22N2O4S2. The maximum Gasteiger partial charge on any atom is 0.245 e. The van der Waals surface area contributed by atoms with Gasteiger partial charge < -0.3 is 10.1 Å². The Morgan fingerprint density at radius 3 is 2.38 bits per heavy atom. The zero-order valence-corrected chi connectivity index (χ0v) is 16.6. The first-order valence-corrected chi connectivity index (χ1v) is 10.8. The van der Waals surface area contributed by atoms with Gasteiger partial charge in [-0.2, -0.15) is 0 Å². The minimum atomic E-state index is -3.62. The lowest BCUT2D eigenvalue weighted by Crippen LogP contribution is -2.37. The zero-order chi connectivity index (χ0) is 19.2. The van der Waals surface area contributed by atoms with Crippen molar-refractivity contribution in [3.8, 4) is 5.75 Å². The number of carbonyl (C=O) groups is 1. The van der Waals surface area contributed by atoms with Crippen molar-refractivity contribution in [2.24, 2.45) is 0 Å². The number of amides is 1. The van der Waals surface area contributed by atoms with E-state index < -0.39 is 15.9 Å². The van der Waals surface area contributed by atoms with Gasteiger partial charge in [0, 0.05) is 4.90 Å². The summed E-state index contributed by atoms with van der Waals surface area (Å²) in [4.78, 5) is 13.4. The second-order valence-corrected chi connectivity index (χ2v) is 8.66. The van der Waals surface area contributed by atoms with E-state index in [-0.39, 0.29) is 6.54 Å². The number of nitrogens with one attached hydrogen (secondary N) is 1. The maximum absolute atomic E-state index is 12.5. The number of methoxy groups -OCH3 is 1. The van der Waals surface area contributed by atoms with Crippen LogP contribution >= 0.6 is 11.8 Å². The predicted molar refractivity (Wildman–Crippen MR) is 107 cm³/mol. The van der Waals surface area contributed by atoms with Crippen molar-refractivity contribution < 1.29 is 17.9 Å². The van der Waals surface area contributed by atoms with Gasteiger partial charge in [0.1, 0.15) is 12.3 Å². The number of thioether (sulfide) groups is 1. The van der Waals surface area contributed by atoms with Crippen molar-refractivity contribution in [3.63, 3.8) is 0 Å². The number of hydrogen-bond acceptors (Lipinski definition) is 5. The molecule has 1 N–H and O–H groups in total.